The van der Waals surface area contributed by atoms with Crippen LogP contribution in [0.15, 0.2) is 65.1 Å². The van der Waals surface area contributed by atoms with E-state index in [1.807, 2.05) is 12.1 Å². The van der Waals surface area contributed by atoms with Crippen LogP contribution in [0.4, 0.5) is 17.3 Å². The largest absolute Gasteiger partial charge is 0.433 e. The predicted octanol–water partition coefficient (Wildman–Crippen LogP) is 4.99. The van der Waals surface area contributed by atoms with Crippen LogP contribution in [-0.4, -0.2) is 16.7 Å². The summed E-state index contributed by atoms with van der Waals surface area (Å²) in [5.74, 6) is -1.61. The number of hydrogen-bond acceptors (Lipinski definition) is 5. The number of benzene rings is 2. The first-order chi connectivity index (χ1) is 14.1. The van der Waals surface area contributed by atoms with E-state index in [2.05, 4.69) is 31.4 Å². The van der Waals surface area contributed by atoms with Crippen LogP contribution in [0.2, 0.25) is 0 Å². The molecule has 2 N–H and O–H groups in total. The molecule has 30 heavy (non-hydrogen) atoms. The topological polar surface area (TPSA) is 114 Å². The molecule has 1 heterocycles. The standard InChI is InChI=1S/C22H21N3O5/c1-22(2,3)15-9-7-14(8-10-15)20(26)23-16-5-4-6-17(13-16)24-21(27)18-11-12-19(30-18)25(28)29/h4-13H,1-3H3,(H,23,26)(H,24,27). The van der Waals surface area contributed by atoms with Crippen molar-refractivity contribution in [2.24, 2.45) is 0 Å². The first kappa shape index (κ1) is 20.8. The van der Waals surface area contributed by atoms with Crippen molar-refractivity contribution in [3.8, 4) is 0 Å². The van der Waals surface area contributed by atoms with Gasteiger partial charge in [0.05, 0.1) is 6.07 Å². The third kappa shape index (κ3) is 4.91. The Hall–Kier alpha value is -3.94. The van der Waals surface area contributed by atoms with Crippen molar-refractivity contribution in [2.75, 3.05) is 10.6 Å². The Kier molecular flexibility index (Phi) is 5.68. The minimum Gasteiger partial charge on any atom is -0.395 e. The molecule has 0 aliphatic carbocycles. The molecule has 0 radical (unpaired) electrons. The van der Waals surface area contributed by atoms with Crippen LogP contribution in [0.5, 0.6) is 0 Å². The Morgan fingerprint density at radius 1 is 0.900 bits per heavy atom. The van der Waals surface area contributed by atoms with Gasteiger partial charge in [-0.2, -0.15) is 0 Å². The van der Waals surface area contributed by atoms with E-state index in [9.17, 15) is 19.7 Å². The van der Waals surface area contributed by atoms with Crippen molar-refractivity contribution in [1.82, 2.24) is 0 Å². The molecule has 0 atom stereocenters. The Balaban J connectivity index is 1.68. The first-order valence-electron chi connectivity index (χ1n) is 9.21. The van der Waals surface area contributed by atoms with E-state index in [0.717, 1.165) is 11.6 Å². The lowest BCUT2D eigenvalue weighted by atomic mass is 9.87. The lowest BCUT2D eigenvalue weighted by molar-refractivity contribution is -0.402. The molecular weight excluding hydrogens is 386 g/mol. The van der Waals surface area contributed by atoms with Gasteiger partial charge in [-0.3, -0.25) is 19.7 Å². The number of rotatable bonds is 5. The van der Waals surface area contributed by atoms with Gasteiger partial charge in [-0.25, -0.2) is 0 Å². The molecule has 2 amide bonds. The number of carbonyl (C=O) groups is 2. The molecule has 0 saturated carbocycles. The van der Waals surface area contributed by atoms with Gasteiger partial charge >= 0.3 is 5.88 Å². The van der Waals surface area contributed by atoms with Crippen LogP contribution in [0.3, 0.4) is 0 Å². The van der Waals surface area contributed by atoms with Gasteiger partial charge in [0.15, 0.2) is 5.76 Å². The third-order valence-corrected chi connectivity index (χ3v) is 4.39. The summed E-state index contributed by atoms with van der Waals surface area (Å²) in [7, 11) is 0. The number of hydrogen-bond donors (Lipinski definition) is 2. The summed E-state index contributed by atoms with van der Waals surface area (Å²) in [5.41, 5.74) is 2.53. The number of nitrogens with one attached hydrogen (secondary N) is 2. The Labute approximate surface area is 173 Å². The van der Waals surface area contributed by atoms with Gasteiger partial charge in [-0.15, -0.1) is 0 Å². The summed E-state index contributed by atoms with van der Waals surface area (Å²) in [6.07, 6.45) is 0. The maximum atomic E-state index is 12.5. The summed E-state index contributed by atoms with van der Waals surface area (Å²) in [6, 6.07) is 16.3. The molecule has 0 fully saturated rings. The fraction of sp³-hybridized carbons (Fsp3) is 0.182. The zero-order chi connectivity index (χ0) is 21.9. The zero-order valence-corrected chi connectivity index (χ0v) is 16.8. The van der Waals surface area contributed by atoms with E-state index in [1.54, 1.807) is 36.4 Å². The Morgan fingerprint density at radius 2 is 1.50 bits per heavy atom. The maximum absolute atomic E-state index is 12.5. The van der Waals surface area contributed by atoms with Crippen molar-refractivity contribution >= 4 is 29.1 Å². The fourth-order valence-corrected chi connectivity index (χ4v) is 2.74. The number of anilines is 2. The minimum absolute atomic E-state index is 0.00400. The summed E-state index contributed by atoms with van der Waals surface area (Å²) in [6.45, 7) is 6.30. The molecule has 0 aliphatic heterocycles. The van der Waals surface area contributed by atoms with Gasteiger partial charge in [-0.1, -0.05) is 39.0 Å². The highest BCUT2D eigenvalue weighted by Crippen LogP contribution is 2.23. The number of amides is 2. The second-order valence-corrected chi connectivity index (χ2v) is 7.71. The molecule has 0 aliphatic rings. The van der Waals surface area contributed by atoms with Gasteiger partial charge in [-0.05, 0) is 47.4 Å². The summed E-state index contributed by atoms with van der Waals surface area (Å²) in [4.78, 5) is 34.7. The van der Waals surface area contributed by atoms with Crippen molar-refractivity contribution in [1.29, 1.82) is 0 Å². The van der Waals surface area contributed by atoms with Crippen molar-refractivity contribution in [3.63, 3.8) is 0 Å². The van der Waals surface area contributed by atoms with Crippen LogP contribution in [0, 0.1) is 10.1 Å². The number of furan rings is 1. The molecular formula is C22H21N3O5. The number of nitro groups is 1. The summed E-state index contributed by atoms with van der Waals surface area (Å²) in [5, 5.41) is 16.0. The van der Waals surface area contributed by atoms with Crippen LogP contribution >= 0.6 is 0 Å². The normalized spacial score (nSPS) is 11.0. The smallest absolute Gasteiger partial charge is 0.395 e. The van der Waals surface area contributed by atoms with Crippen LogP contribution in [0.25, 0.3) is 0 Å². The first-order valence-corrected chi connectivity index (χ1v) is 9.21. The second-order valence-electron chi connectivity index (χ2n) is 7.71. The lowest BCUT2D eigenvalue weighted by Crippen LogP contribution is -2.15. The van der Waals surface area contributed by atoms with Gasteiger partial charge in [0.2, 0.25) is 0 Å². The highest BCUT2D eigenvalue weighted by atomic mass is 16.6. The van der Waals surface area contributed by atoms with E-state index in [1.165, 1.54) is 6.07 Å². The van der Waals surface area contributed by atoms with Crippen molar-refractivity contribution in [3.05, 3.63) is 87.7 Å². The highest BCUT2D eigenvalue weighted by molar-refractivity contribution is 6.05. The van der Waals surface area contributed by atoms with Crippen molar-refractivity contribution in [2.45, 2.75) is 26.2 Å². The molecule has 2 aromatic carbocycles. The predicted molar refractivity (Wildman–Crippen MR) is 113 cm³/mol. The van der Waals surface area contributed by atoms with E-state index >= 15 is 0 Å². The molecule has 3 aromatic rings. The van der Waals surface area contributed by atoms with Crippen LogP contribution < -0.4 is 10.6 Å². The monoisotopic (exact) mass is 407 g/mol. The van der Waals surface area contributed by atoms with Gasteiger partial charge in [0.1, 0.15) is 4.92 Å². The van der Waals surface area contributed by atoms with Crippen molar-refractivity contribution < 1.29 is 18.9 Å². The van der Waals surface area contributed by atoms with Crippen LogP contribution in [-0.2, 0) is 5.41 Å². The molecule has 8 nitrogen and oxygen atoms in total. The second kappa shape index (κ2) is 8.20. The van der Waals surface area contributed by atoms with E-state index < -0.39 is 16.7 Å². The number of nitrogens with zero attached hydrogens (tertiary/aromatic N) is 1. The maximum Gasteiger partial charge on any atom is 0.433 e. The van der Waals surface area contributed by atoms with Gasteiger partial charge < -0.3 is 15.1 Å². The zero-order valence-electron chi connectivity index (χ0n) is 16.8. The van der Waals surface area contributed by atoms with E-state index in [0.29, 0.717) is 16.9 Å². The summed E-state index contributed by atoms with van der Waals surface area (Å²) < 4.78 is 4.88. The molecule has 0 saturated heterocycles. The SMILES string of the molecule is CC(C)(C)c1ccc(C(=O)Nc2cccc(NC(=O)c3ccc([N+](=O)[O-])o3)c2)cc1. The molecule has 0 bridgehead atoms. The molecule has 3 rings (SSSR count). The highest BCUT2D eigenvalue weighted by Gasteiger charge is 2.18. The number of carbonyl (C=O) groups excluding carboxylic acids is 2. The van der Waals surface area contributed by atoms with E-state index in [4.69, 9.17) is 4.42 Å². The average Bonchev–Trinajstić information content (AvgIpc) is 3.18. The molecule has 0 spiro atoms. The van der Waals surface area contributed by atoms with Gasteiger partial charge in [0.25, 0.3) is 11.8 Å². The molecule has 0 unspecified atom stereocenters. The Morgan fingerprint density at radius 3 is 2.03 bits per heavy atom. The average molecular weight is 407 g/mol. The van der Waals surface area contributed by atoms with Crippen LogP contribution in [0.1, 0.15) is 47.2 Å². The third-order valence-electron chi connectivity index (χ3n) is 4.39. The van der Waals surface area contributed by atoms with Gasteiger partial charge in [0, 0.05) is 16.9 Å². The fourth-order valence-electron chi connectivity index (χ4n) is 2.74. The van der Waals surface area contributed by atoms with E-state index in [-0.39, 0.29) is 17.1 Å². The molecule has 1 aromatic heterocycles. The lowest BCUT2D eigenvalue weighted by Gasteiger charge is -2.19. The summed E-state index contributed by atoms with van der Waals surface area (Å²) >= 11 is 0. The molecule has 8 heteroatoms. The minimum atomic E-state index is -0.721. The molecule has 154 valence electrons. The quantitative estimate of drug-likeness (QED) is 0.457. The Bertz CT molecular complexity index is 1090.